The van der Waals surface area contributed by atoms with Gasteiger partial charge in [0, 0.05) is 12.6 Å². The highest BCUT2D eigenvalue weighted by Gasteiger charge is 2.16. The summed E-state index contributed by atoms with van der Waals surface area (Å²) in [5.74, 6) is 0.279. The molecule has 6 nitrogen and oxygen atoms in total. The molecule has 0 bridgehead atoms. The number of carbonyl (C=O) groups excluding carboxylic acids is 1. The Hall–Kier alpha value is -1.54. The van der Waals surface area contributed by atoms with Crippen molar-refractivity contribution in [2.24, 2.45) is 0 Å². The van der Waals surface area contributed by atoms with Crippen LogP contribution >= 0.6 is 0 Å². The Morgan fingerprint density at radius 2 is 2.39 bits per heavy atom. The molecule has 1 aromatic rings. The SMILES string of the molecule is Cc1cc(NC(=O)CN(CCO)CC(F)F)no1. The summed E-state index contributed by atoms with van der Waals surface area (Å²) in [6, 6.07) is 1.52. The van der Waals surface area contributed by atoms with Crippen LogP contribution < -0.4 is 5.32 Å². The van der Waals surface area contributed by atoms with E-state index in [2.05, 4.69) is 10.5 Å². The number of aliphatic hydroxyl groups excluding tert-OH is 1. The average molecular weight is 263 g/mol. The number of nitrogens with zero attached hydrogens (tertiary/aromatic N) is 2. The van der Waals surface area contributed by atoms with Crippen LogP contribution in [0.4, 0.5) is 14.6 Å². The molecule has 2 N–H and O–H groups in total. The van der Waals surface area contributed by atoms with Gasteiger partial charge in [0.15, 0.2) is 5.82 Å². The fraction of sp³-hybridized carbons (Fsp3) is 0.600. The molecule has 102 valence electrons. The third kappa shape index (κ3) is 5.19. The average Bonchev–Trinajstić information content (AvgIpc) is 2.62. The van der Waals surface area contributed by atoms with E-state index in [4.69, 9.17) is 9.63 Å². The summed E-state index contributed by atoms with van der Waals surface area (Å²) in [4.78, 5) is 12.7. The van der Waals surface area contributed by atoms with E-state index in [1.165, 1.54) is 6.07 Å². The first-order chi connectivity index (χ1) is 8.51. The Morgan fingerprint density at radius 1 is 1.67 bits per heavy atom. The number of hydrogen-bond donors (Lipinski definition) is 2. The minimum Gasteiger partial charge on any atom is -0.395 e. The minimum absolute atomic E-state index is 0.00953. The second kappa shape index (κ2) is 7.02. The number of carbonyl (C=O) groups is 1. The van der Waals surface area contributed by atoms with Crippen LogP contribution in [-0.4, -0.2) is 53.7 Å². The summed E-state index contributed by atoms with van der Waals surface area (Å²) in [5.41, 5.74) is 0. The molecule has 1 amide bonds. The number of nitrogens with one attached hydrogen (secondary N) is 1. The lowest BCUT2D eigenvalue weighted by atomic mass is 10.4. The predicted octanol–water partition coefficient (Wildman–Crippen LogP) is 0.481. The zero-order valence-electron chi connectivity index (χ0n) is 9.90. The highest BCUT2D eigenvalue weighted by Crippen LogP contribution is 2.07. The van der Waals surface area contributed by atoms with Gasteiger partial charge in [0.25, 0.3) is 6.43 Å². The summed E-state index contributed by atoms with van der Waals surface area (Å²) in [6.07, 6.45) is -2.56. The van der Waals surface area contributed by atoms with Crippen LogP contribution in [-0.2, 0) is 4.79 Å². The first-order valence-electron chi connectivity index (χ1n) is 5.35. The lowest BCUT2D eigenvalue weighted by Crippen LogP contribution is -2.38. The molecule has 0 radical (unpaired) electrons. The molecule has 0 saturated carbocycles. The molecule has 1 rings (SSSR count). The summed E-state index contributed by atoms with van der Waals surface area (Å²) < 4.78 is 29.2. The van der Waals surface area contributed by atoms with Crippen LogP contribution in [0.2, 0.25) is 0 Å². The van der Waals surface area contributed by atoms with Crippen molar-refractivity contribution in [1.29, 1.82) is 0 Å². The Bertz CT molecular complexity index is 384. The zero-order valence-corrected chi connectivity index (χ0v) is 9.90. The maximum Gasteiger partial charge on any atom is 0.251 e. The summed E-state index contributed by atoms with van der Waals surface area (Å²) in [5, 5.41) is 14.7. The fourth-order valence-corrected chi connectivity index (χ4v) is 1.38. The summed E-state index contributed by atoms with van der Waals surface area (Å²) >= 11 is 0. The Labute approximate surface area is 103 Å². The largest absolute Gasteiger partial charge is 0.395 e. The standard InChI is InChI=1S/C10H15F2N3O3/c1-7-4-9(14-18-7)13-10(17)6-15(2-3-16)5-8(11)12/h4,8,16H,2-3,5-6H2,1H3,(H,13,14,17). The van der Waals surface area contributed by atoms with Crippen molar-refractivity contribution in [3.8, 4) is 0 Å². The van der Waals surface area contributed by atoms with E-state index >= 15 is 0 Å². The number of aryl methyl sites for hydroxylation is 1. The van der Waals surface area contributed by atoms with Crippen molar-refractivity contribution < 1.29 is 23.2 Å². The van der Waals surface area contributed by atoms with Gasteiger partial charge in [-0.25, -0.2) is 8.78 Å². The third-order valence-corrected chi connectivity index (χ3v) is 2.08. The van der Waals surface area contributed by atoms with E-state index in [0.29, 0.717) is 5.76 Å². The molecule has 0 aliphatic rings. The van der Waals surface area contributed by atoms with Crippen LogP contribution in [0, 0.1) is 6.92 Å². The third-order valence-electron chi connectivity index (χ3n) is 2.08. The topological polar surface area (TPSA) is 78.6 Å². The van der Waals surface area contributed by atoms with E-state index in [-0.39, 0.29) is 25.5 Å². The van der Waals surface area contributed by atoms with Gasteiger partial charge in [-0.3, -0.25) is 9.69 Å². The second-order valence-electron chi connectivity index (χ2n) is 3.72. The maximum atomic E-state index is 12.2. The van der Waals surface area contributed by atoms with Gasteiger partial charge in [-0.1, -0.05) is 5.16 Å². The lowest BCUT2D eigenvalue weighted by Gasteiger charge is -2.19. The Kier molecular flexibility index (Phi) is 5.66. The zero-order chi connectivity index (χ0) is 13.5. The van der Waals surface area contributed by atoms with Crippen LogP contribution in [0.1, 0.15) is 5.76 Å². The summed E-state index contributed by atoms with van der Waals surface area (Å²) in [6.45, 7) is 0.582. The van der Waals surface area contributed by atoms with Crippen molar-refractivity contribution in [2.75, 3.05) is 31.6 Å². The molecular weight excluding hydrogens is 248 g/mol. The first kappa shape index (κ1) is 14.5. The molecular formula is C10H15F2N3O3. The van der Waals surface area contributed by atoms with Gasteiger partial charge in [0.1, 0.15) is 5.76 Å². The fourth-order valence-electron chi connectivity index (χ4n) is 1.38. The van der Waals surface area contributed by atoms with E-state index in [1.54, 1.807) is 6.92 Å². The number of alkyl halides is 2. The van der Waals surface area contributed by atoms with Gasteiger partial charge in [0.2, 0.25) is 5.91 Å². The van der Waals surface area contributed by atoms with Crippen LogP contribution in [0.25, 0.3) is 0 Å². The number of hydrogen-bond acceptors (Lipinski definition) is 5. The number of halogens is 2. The van der Waals surface area contributed by atoms with Gasteiger partial charge in [-0.15, -0.1) is 0 Å². The molecule has 0 fully saturated rings. The minimum atomic E-state index is -2.56. The Balaban J connectivity index is 2.45. The smallest absolute Gasteiger partial charge is 0.251 e. The van der Waals surface area contributed by atoms with E-state index in [0.717, 1.165) is 4.90 Å². The molecule has 0 aromatic carbocycles. The number of amides is 1. The lowest BCUT2D eigenvalue weighted by molar-refractivity contribution is -0.117. The van der Waals surface area contributed by atoms with Gasteiger partial charge in [-0.05, 0) is 6.92 Å². The molecule has 0 atom stereocenters. The van der Waals surface area contributed by atoms with Gasteiger partial charge in [0.05, 0.1) is 19.7 Å². The first-order valence-corrected chi connectivity index (χ1v) is 5.35. The monoisotopic (exact) mass is 263 g/mol. The molecule has 0 aliphatic heterocycles. The molecule has 1 heterocycles. The molecule has 8 heteroatoms. The van der Waals surface area contributed by atoms with Crippen LogP contribution in [0.15, 0.2) is 10.6 Å². The molecule has 1 aromatic heterocycles. The van der Waals surface area contributed by atoms with E-state index in [9.17, 15) is 13.6 Å². The second-order valence-corrected chi connectivity index (χ2v) is 3.72. The maximum absolute atomic E-state index is 12.2. The molecule has 0 saturated heterocycles. The molecule has 0 unspecified atom stereocenters. The van der Waals surface area contributed by atoms with Crippen molar-refractivity contribution in [3.05, 3.63) is 11.8 Å². The Morgan fingerprint density at radius 3 is 2.89 bits per heavy atom. The molecule has 18 heavy (non-hydrogen) atoms. The molecule has 0 spiro atoms. The van der Waals surface area contributed by atoms with Crippen LogP contribution in [0.5, 0.6) is 0 Å². The highest BCUT2D eigenvalue weighted by molar-refractivity contribution is 5.91. The quantitative estimate of drug-likeness (QED) is 0.748. The molecule has 0 aliphatic carbocycles. The predicted molar refractivity (Wildman–Crippen MR) is 59.4 cm³/mol. The number of aliphatic hydroxyl groups is 1. The van der Waals surface area contributed by atoms with Gasteiger partial charge >= 0.3 is 0 Å². The van der Waals surface area contributed by atoms with Crippen molar-refractivity contribution in [2.45, 2.75) is 13.3 Å². The van der Waals surface area contributed by atoms with Crippen LogP contribution in [0.3, 0.4) is 0 Å². The number of aromatic nitrogens is 1. The highest BCUT2D eigenvalue weighted by atomic mass is 19.3. The normalized spacial score (nSPS) is 11.2. The van der Waals surface area contributed by atoms with Gasteiger partial charge < -0.3 is 14.9 Å². The van der Waals surface area contributed by atoms with E-state index in [1.807, 2.05) is 0 Å². The van der Waals surface area contributed by atoms with Gasteiger partial charge in [-0.2, -0.15) is 0 Å². The van der Waals surface area contributed by atoms with Crippen molar-refractivity contribution >= 4 is 11.7 Å². The van der Waals surface area contributed by atoms with E-state index < -0.39 is 18.9 Å². The summed E-state index contributed by atoms with van der Waals surface area (Å²) in [7, 11) is 0. The number of anilines is 1. The van der Waals surface area contributed by atoms with Crippen molar-refractivity contribution in [3.63, 3.8) is 0 Å². The van der Waals surface area contributed by atoms with Crippen molar-refractivity contribution in [1.82, 2.24) is 10.1 Å². The number of rotatable bonds is 7.